The highest BCUT2D eigenvalue weighted by atomic mass is 16.3. The van der Waals surface area contributed by atoms with Gasteiger partial charge in [0.2, 0.25) is 0 Å². The molecule has 0 spiro atoms. The number of hydrogen-bond donors (Lipinski definition) is 2. The number of rotatable bonds is 9. The molecule has 1 unspecified atom stereocenters. The van der Waals surface area contributed by atoms with Crippen LogP contribution in [0.25, 0.3) is 0 Å². The predicted octanol–water partition coefficient (Wildman–Crippen LogP) is 4.53. The molecule has 0 bridgehead atoms. The van der Waals surface area contributed by atoms with E-state index in [0.29, 0.717) is 5.75 Å². The fraction of sp³-hybridized carbons (Fsp3) is 0.800. The molecule has 0 radical (unpaired) electrons. The third-order valence-corrected chi connectivity index (χ3v) is 3.89. The zero-order chi connectivity index (χ0) is 13.4. The molecule has 1 heterocycles. The van der Waals surface area contributed by atoms with Gasteiger partial charge in [0.1, 0.15) is 0 Å². The molecule has 0 fully saturated rings. The normalized spacial score (nSPS) is 14.6. The van der Waals surface area contributed by atoms with E-state index in [1.165, 1.54) is 44.7 Å². The highest BCUT2D eigenvalue weighted by Gasteiger charge is 2.29. The Morgan fingerprint density at radius 1 is 1.11 bits per heavy atom. The van der Waals surface area contributed by atoms with Crippen molar-refractivity contribution in [3.63, 3.8) is 0 Å². The van der Waals surface area contributed by atoms with Gasteiger partial charge in [0.05, 0.1) is 11.9 Å². The molecule has 0 saturated carbocycles. The first kappa shape index (κ1) is 15.1. The number of nitrogens with one attached hydrogen (secondary N) is 1. The Morgan fingerprint density at radius 2 is 1.78 bits per heavy atom. The summed E-state index contributed by atoms with van der Waals surface area (Å²) in [5, 5.41) is 16.9. The van der Waals surface area contributed by atoms with E-state index >= 15 is 0 Å². The molecule has 104 valence electrons. The maximum Gasteiger partial charge on any atom is 0.157 e. The van der Waals surface area contributed by atoms with Crippen LogP contribution in [-0.2, 0) is 5.41 Å². The van der Waals surface area contributed by atoms with E-state index in [4.69, 9.17) is 0 Å². The van der Waals surface area contributed by atoms with Gasteiger partial charge >= 0.3 is 0 Å². The Balaban J connectivity index is 2.66. The van der Waals surface area contributed by atoms with Crippen LogP contribution in [0.3, 0.4) is 0 Å². The van der Waals surface area contributed by atoms with Gasteiger partial charge in [0.25, 0.3) is 0 Å². The third kappa shape index (κ3) is 4.04. The van der Waals surface area contributed by atoms with E-state index in [-0.39, 0.29) is 5.41 Å². The van der Waals surface area contributed by atoms with Gasteiger partial charge in [-0.25, -0.2) is 0 Å². The van der Waals surface area contributed by atoms with Gasteiger partial charge in [-0.3, -0.25) is 5.10 Å². The van der Waals surface area contributed by atoms with E-state index in [9.17, 15) is 5.11 Å². The largest absolute Gasteiger partial charge is 0.504 e. The van der Waals surface area contributed by atoms with Crippen molar-refractivity contribution in [2.45, 2.75) is 77.6 Å². The lowest BCUT2D eigenvalue weighted by atomic mass is 9.77. The van der Waals surface area contributed by atoms with Gasteiger partial charge in [-0.1, -0.05) is 59.3 Å². The average Bonchev–Trinajstić information content (AvgIpc) is 2.79. The number of nitrogens with zero attached hydrogens (tertiary/aromatic N) is 1. The molecule has 3 heteroatoms. The predicted molar refractivity (Wildman–Crippen MR) is 75.9 cm³/mol. The van der Waals surface area contributed by atoms with Gasteiger partial charge in [0.15, 0.2) is 5.75 Å². The van der Waals surface area contributed by atoms with Crippen LogP contribution in [-0.4, -0.2) is 15.3 Å². The molecule has 1 aromatic rings. The summed E-state index contributed by atoms with van der Waals surface area (Å²) in [6, 6.07) is 0. The monoisotopic (exact) mass is 252 g/mol. The first-order chi connectivity index (χ1) is 8.64. The number of aromatic nitrogens is 2. The fourth-order valence-electron chi connectivity index (χ4n) is 2.61. The maximum atomic E-state index is 9.89. The number of aromatic amines is 1. The quantitative estimate of drug-likeness (QED) is 0.634. The van der Waals surface area contributed by atoms with Crippen LogP contribution in [0, 0.1) is 0 Å². The molecule has 0 aliphatic rings. The molecular weight excluding hydrogens is 224 g/mol. The zero-order valence-electron chi connectivity index (χ0n) is 12.1. The van der Waals surface area contributed by atoms with Gasteiger partial charge in [0, 0.05) is 5.41 Å². The molecule has 18 heavy (non-hydrogen) atoms. The Hall–Kier alpha value is -0.990. The summed E-state index contributed by atoms with van der Waals surface area (Å²) >= 11 is 0. The molecule has 1 aromatic heterocycles. The number of aromatic hydroxyl groups is 1. The molecule has 0 aliphatic heterocycles. The molecule has 3 nitrogen and oxygen atoms in total. The third-order valence-electron chi connectivity index (χ3n) is 3.89. The van der Waals surface area contributed by atoms with Crippen LogP contribution < -0.4 is 0 Å². The van der Waals surface area contributed by atoms with E-state index < -0.39 is 0 Å². The summed E-state index contributed by atoms with van der Waals surface area (Å²) in [5.41, 5.74) is 0.970. The summed E-state index contributed by atoms with van der Waals surface area (Å²) in [7, 11) is 0. The van der Waals surface area contributed by atoms with Crippen LogP contribution in [0.1, 0.15) is 77.8 Å². The Bertz CT molecular complexity index is 335. The van der Waals surface area contributed by atoms with Crippen molar-refractivity contribution in [2.24, 2.45) is 0 Å². The summed E-state index contributed by atoms with van der Waals surface area (Å²) in [5.74, 6) is 0.323. The second-order valence-electron chi connectivity index (χ2n) is 5.61. The van der Waals surface area contributed by atoms with Gasteiger partial charge < -0.3 is 5.11 Å². The lowest BCUT2D eigenvalue weighted by molar-refractivity contribution is 0.343. The average molecular weight is 252 g/mol. The number of unbranched alkanes of at least 4 members (excludes halogenated alkanes) is 4. The van der Waals surface area contributed by atoms with Gasteiger partial charge in [-0.15, -0.1) is 0 Å². The van der Waals surface area contributed by atoms with Gasteiger partial charge in [-0.2, -0.15) is 5.10 Å². The Morgan fingerprint density at radius 3 is 2.33 bits per heavy atom. The molecule has 0 aliphatic carbocycles. The van der Waals surface area contributed by atoms with Crippen LogP contribution in [0.4, 0.5) is 0 Å². The first-order valence-corrected chi connectivity index (χ1v) is 7.37. The molecule has 0 amide bonds. The highest BCUT2D eigenvalue weighted by Crippen LogP contribution is 2.38. The zero-order valence-corrected chi connectivity index (χ0v) is 12.1. The first-order valence-electron chi connectivity index (χ1n) is 7.37. The molecule has 1 atom stereocenters. The lowest BCUT2D eigenvalue weighted by Gasteiger charge is -2.28. The van der Waals surface area contributed by atoms with E-state index in [1.54, 1.807) is 0 Å². The molecule has 1 rings (SSSR count). The Labute approximate surface area is 111 Å². The number of H-pyrrole nitrogens is 1. The minimum atomic E-state index is 0.0460. The maximum absolute atomic E-state index is 9.89. The highest BCUT2D eigenvalue weighted by molar-refractivity contribution is 5.29. The summed E-state index contributed by atoms with van der Waals surface area (Å²) < 4.78 is 0. The van der Waals surface area contributed by atoms with Crippen LogP contribution >= 0.6 is 0 Å². The standard InChI is InChI=1S/C15H28N2O/c1-4-6-8-9-11-15(3,10-7-5-2)14-13(18)12-16-17-14/h12,18H,4-11H2,1-3H3,(H,16,17). The van der Waals surface area contributed by atoms with Crippen LogP contribution in [0.2, 0.25) is 0 Å². The molecule has 0 aromatic carbocycles. The molecule has 0 saturated heterocycles. The van der Waals surface area contributed by atoms with Crippen molar-refractivity contribution in [3.8, 4) is 5.75 Å². The summed E-state index contributed by atoms with van der Waals surface area (Å²) in [6.45, 7) is 6.70. The minimum Gasteiger partial charge on any atom is -0.504 e. The van der Waals surface area contributed by atoms with E-state index in [2.05, 4.69) is 31.0 Å². The Kier molecular flexibility index (Phi) is 6.23. The van der Waals surface area contributed by atoms with Crippen molar-refractivity contribution in [2.75, 3.05) is 0 Å². The minimum absolute atomic E-state index is 0.0460. The van der Waals surface area contributed by atoms with Crippen LogP contribution in [0.5, 0.6) is 5.75 Å². The molecular formula is C15H28N2O. The van der Waals surface area contributed by atoms with Crippen molar-refractivity contribution >= 4 is 0 Å². The molecule has 2 N–H and O–H groups in total. The topological polar surface area (TPSA) is 48.9 Å². The van der Waals surface area contributed by atoms with Crippen molar-refractivity contribution in [1.82, 2.24) is 10.2 Å². The fourth-order valence-corrected chi connectivity index (χ4v) is 2.61. The summed E-state index contributed by atoms with van der Waals surface area (Å²) in [6.07, 6.45) is 11.2. The second-order valence-corrected chi connectivity index (χ2v) is 5.61. The van der Waals surface area contributed by atoms with E-state index in [0.717, 1.165) is 18.5 Å². The van der Waals surface area contributed by atoms with Gasteiger partial charge in [-0.05, 0) is 12.8 Å². The second kappa shape index (κ2) is 7.45. The van der Waals surface area contributed by atoms with Crippen LogP contribution in [0.15, 0.2) is 6.20 Å². The SMILES string of the molecule is CCCCCCC(C)(CCCC)c1[nH]ncc1O. The lowest BCUT2D eigenvalue weighted by Crippen LogP contribution is -2.23. The van der Waals surface area contributed by atoms with Crippen molar-refractivity contribution in [1.29, 1.82) is 0 Å². The smallest absolute Gasteiger partial charge is 0.157 e. The van der Waals surface area contributed by atoms with E-state index in [1.807, 2.05) is 0 Å². The summed E-state index contributed by atoms with van der Waals surface area (Å²) in [4.78, 5) is 0. The van der Waals surface area contributed by atoms with Crippen molar-refractivity contribution < 1.29 is 5.11 Å². The van der Waals surface area contributed by atoms with Crippen molar-refractivity contribution in [3.05, 3.63) is 11.9 Å². The number of hydrogen-bond acceptors (Lipinski definition) is 2.